The number of hydrogen-bond donors (Lipinski definition) is 2. The molecule has 3 aromatic carbocycles. The number of hydrogen-bond acceptors (Lipinski definition) is 6. The number of benzene rings is 3. The summed E-state index contributed by atoms with van der Waals surface area (Å²) in [6.45, 7) is 6.05. The lowest BCUT2D eigenvalue weighted by molar-refractivity contribution is -0.106. The number of nitrogens with zero attached hydrogens (tertiary/aromatic N) is 3. The van der Waals surface area contributed by atoms with Crippen molar-refractivity contribution in [2.45, 2.75) is 18.6 Å². The summed E-state index contributed by atoms with van der Waals surface area (Å²) in [6, 6.07) is 14.5. The molecule has 1 atom stereocenters. The van der Waals surface area contributed by atoms with Crippen molar-refractivity contribution in [2.24, 2.45) is 0 Å². The Balaban J connectivity index is 1.91. The van der Waals surface area contributed by atoms with Gasteiger partial charge in [-0.2, -0.15) is 0 Å². The molecule has 11 heteroatoms. The van der Waals surface area contributed by atoms with Crippen LogP contribution in [0.4, 0.5) is 30.4 Å². The van der Waals surface area contributed by atoms with E-state index in [2.05, 4.69) is 27.2 Å². The van der Waals surface area contributed by atoms with Crippen LogP contribution in [0.5, 0.6) is 0 Å². The van der Waals surface area contributed by atoms with Gasteiger partial charge in [-0.15, -0.1) is 0 Å². The molecule has 4 aromatic rings. The number of halogens is 3. The van der Waals surface area contributed by atoms with Gasteiger partial charge in [0.2, 0.25) is 11.6 Å². The number of aromatic nitrogens is 2. The van der Waals surface area contributed by atoms with Crippen LogP contribution in [-0.4, -0.2) is 33.9 Å². The van der Waals surface area contributed by atoms with Gasteiger partial charge in [-0.25, -0.2) is 23.1 Å². The molecule has 0 saturated heterocycles. The summed E-state index contributed by atoms with van der Waals surface area (Å²) in [5, 5.41) is 6.00. The van der Waals surface area contributed by atoms with Gasteiger partial charge in [0.05, 0.1) is 16.5 Å². The van der Waals surface area contributed by atoms with Gasteiger partial charge < -0.3 is 10.6 Å². The number of anilines is 3. The van der Waals surface area contributed by atoms with E-state index in [1.807, 2.05) is 19.1 Å². The van der Waals surface area contributed by atoms with Crippen molar-refractivity contribution in [2.75, 3.05) is 23.5 Å². The summed E-state index contributed by atoms with van der Waals surface area (Å²) in [5.74, 6) is -2.42. The molecule has 1 unspecified atom stereocenters. The fourth-order valence-corrected chi connectivity index (χ4v) is 4.55. The first-order chi connectivity index (χ1) is 19.1. The van der Waals surface area contributed by atoms with Crippen LogP contribution in [-0.2, 0) is 22.1 Å². The number of rotatable bonds is 10. The van der Waals surface area contributed by atoms with Gasteiger partial charge in [0.15, 0.2) is 0 Å². The third kappa shape index (κ3) is 5.95. The van der Waals surface area contributed by atoms with Gasteiger partial charge in [-0.1, -0.05) is 24.8 Å². The Hall–Kier alpha value is -4.35. The van der Waals surface area contributed by atoms with E-state index in [1.165, 1.54) is 24.5 Å². The van der Waals surface area contributed by atoms with E-state index in [-0.39, 0.29) is 29.7 Å². The molecule has 0 aliphatic heterocycles. The molecule has 1 heterocycles. The third-order valence-electron chi connectivity index (χ3n) is 6.07. The fraction of sp³-hybridized carbons (Fsp3) is 0.138. The Labute approximate surface area is 232 Å². The number of para-hydroxylation sites is 1. The predicted octanol–water partition coefficient (Wildman–Crippen LogP) is 5.70. The molecule has 7 nitrogen and oxygen atoms in total. The first kappa shape index (κ1) is 28.7. The summed E-state index contributed by atoms with van der Waals surface area (Å²) in [4.78, 5) is 21.9. The maximum atomic E-state index is 14.8. The zero-order valence-electron chi connectivity index (χ0n) is 22.0. The second kappa shape index (κ2) is 12.2. The van der Waals surface area contributed by atoms with Crippen LogP contribution in [0.3, 0.4) is 0 Å². The van der Waals surface area contributed by atoms with Crippen LogP contribution < -0.4 is 15.5 Å². The lowest BCUT2D eigenvalue weighted by atomic mass is 9.97. The quantitative estimate of drug-likeness (QED) is 0.189. The summed E-state index contributed by atoms with van der Waals surface area (Å²) < 4.78 is 55.5. The molecule has 0 bridgehead atoms. The molecule has 0 saturated carbocycles. The van der Waals surface area contributed by atoms with Gasteiger partial charge in [-0.3, -0.25) is 13.9 Å². The molecule has 0 spiro atoms. The molecule has 206 valence electrons. The molecular formula is C29H26F3N5O2S. The van der Waals surface area contributed by atoms with Gasteiger partial charge >= 0.3 is 0 Å². The second-order valence-electron chi connectivity index (χ2n) is 8.83. The van der Waals surface area contributed by atoms with Crippen molar-refractivity contribution < 1.29 is 22.2 Å². The summed E-state index contributed by atoms with van der Waals surface area (Å²) >= 11 is 0. The molecule has 40 heavy (non-hydrogen) atoms. The van der Waals surface area contributed by atoms with Crippen molar-refractivity contribution in [3.8, 4) is 11.3 Å². The molecule has 1 aromatic heterocycles. The average Bonchev–Trinajstić information content (AvgIpc) is 2.92. The first-order valence-corrected chi connectivity index (χ1v) is 13.6. The van der Waals surface area contributed by atoms with Crippen molar-refractivity contribution in [1.29, 1.82) is 0 Å². The van der Waals surface area contributed by atoms with E-state index < -0.39 is 28.1 Å². The largest absolute Gasteiger partial charge is 0.356 e. The standard InChI is InChI=1S/C29H26F3N5O2S/c1-17-8-9-19(18(2)34-21-12-10-20(30)11-13-21)14-22(17)26-23(15-33-3)28(36-29(35-26)40(4)39)37(16-38)27-24(31)6-5-7-25(27)32/h5-14,16,33-34H,2,15H2,1,3-4H3. The Kier molecular flexibility index (Phi) is 8.76. The number of nitrogens with one attached hydrogen (secondary N) is 2. The van der Waals surface area contributed by atoms with Crippen LogP contribution in [0.25, 0.3) is 17.0 Å². The van der Waals surface area contributed by atoms with E-state index >= 15 is 0 Å². The van der Waals surface area contributed by atoms with Gasteiger partial charge in [0, 0.05) is 35.3 Å². The molecule has 0 radical (unpaired) electrons. The molecule has 0 aliphatic rings. The van der Waals surface area contributed by atoms with E-state index in [4.69, 9.17) is 0 Å². The lowest BCUT2D eigenvalue weighted by Crippen LogP contribution is -2.24. The molecule has 4 rings (SSSR count). The summed E-state index contributed by atoms with van der Waals surface area (Å²) in [5.41, 5.74) is 3.25. The Morgan fingerprint density at radius 3 is 2.33 bits per heavy atom. The van der Waals surface area contributed by atoms with E-state index in [1.54, 1.807) is 25.2 Å². The second-order valence-corrected chi connectivity index (χ2v) is 10.1. The number of aryl methyl sites for hydroxylation is 1. The fourth-order valence-electron chi connectivity index (χ4n) is 4.11. The Bertz CT molecular complexity index is 1590. The summed E-state index contributed by atoms with van der Waals surface area (Å²) in [7, 11) is -0.0448. The highest BCUT2D eigenvalue weighted by Gasteiger charge is 2.27. The van der Waals surface area contributed by atoms with Crippen LogP contribution >= 0.6 is 0 Å². The average molecular weight is 566 g/mol. The van der Waals surface area contributed by atoms with Crippen molar-refractivity contribution in [3.63, 3.8) is 0 Å². The van der Waals surface area contributed by atoms with Crippen LogP contribution in [0, 0.1) is 24.4 Å². The van der Waals surface area contributed by atoms with Crippen LogP contribution in [0.15, 0.2) is 72.4 Å². The normalized spacial score (nSPS) is 11.7. The predicted molar refractivity (Wildman–Crippen MR) is 151 cm³/mol. The number of carbonyl (C=O) groups excluding carboxylic acids is 1. The third-order valence-corrected chi connectivity index (χ3v) is 6.76. The highest BCUT2D eigenvalue weighted by molar-refractivity contribution is 7.84. The monoisotopic (exact) mass is 565 g/mol. The van der Waals surface area contributed by atoms with Crippen LogP contribution in [0.1, 0.15) is 16.7 Å². The zero-order valence-corrected chi connectivity index (χ0v) is 22.8. The van der Waals surface area contributed by atoms with Crippen molar-refractivity contribution in [3.05, 3.63) is 101 Å². The van der Waals surface area contributed by atoms with Gasteiger partial charge in [-0.05, 0) is 67.6 Å². The van der Waals surface area contributed by atoms with Gasteiger partial charge in [0.25, 0.3) is 0 Å². The van der Waals surface area contributed by atoms with Crippen molar-refractivity contribution >= 4 is 40.1 Å². The van der Waals surface area contributed by atoms with Gasteiger partial charge in [0.1, 0.15) is 29.0 Å². The Morgan fingerprint density at radius 1 is 1.05 bits per heavy atom. The SMILES string of the molecule is C=C(Nc1ccc(F)cc1)c1ccc(C)c(-c2nc(S(C)=O)nc(N(C=O)c3c(F)cccc3F)c2CNC)c1. The maximum Gasteiger partial charge on any atom is 0.220 e. The van der Waals surface area contributed by atoms with Crippen molar-refractivity contribution in [1.82, 2.24) is 15.3 Å². The smallest absolute Gasteiger partial charge is 0.220 e. The zero-order chi connectivity index (χ0) is 29.0. The molecule has 2 N–H and O–H groups in total. The molecule has 0 aliphatic carbocycles. The highest BCUT2D eigenvalue weighted by atomic mass is 32.2. The van der Waals surface area contributed by atoms with E-state index in [0.29, 0.717) is 33.8 Å². The summed E-state index contributed by atoms with van der Waals surface area (Å²) in [6.07, 6.45) is 1.63. The maximum absolute atomic E-state index is 14.8. The molecule has 1 amide bonds. The topological polar surface area (TPSA) is 87.2 Å². The minimum atomic E-state index is -1.70. The Morgan fingerprint density at radius 2 is 1.73 bits per heavy atom. The lowest BCUT2D eigenvalue weighted by Gasteiger charge is -2.23. The first-order valence-electron chi connectivity index (χ1n) is 12.0. The minimum Gasteiger partial charge on any atom is -0.356 e. The molecule has 0 fully saturated rings. The van der Waals surface area contributed by atoms with E-state index in [0.717, 1.165) is 22.6 Å². The van der Waals surface area contributed by atoms with E-state index in [9.17, 15) is 22.2 Å². The number of amides is 1. The number of carbonyl (C=O) groups is 1. The molecular weight excluding hydrogens is 539 g/mol. The van der Waals surface area contributed by atoms with Crippen LogP contribution in [0.2, 0.25) is 0 Å². The highest BCUT2D eigenvalue weighted by Crippen LogP contribution is 2.37. The minimum absolute atomic E-state index is 0.111.